The molecular formula is C20H24N2OS. The Kier molecular flexibility index (Phi) is 7.07. The van der Waals surface area contributed by atoms with Crippen molar-refractivity contribution in [1.82, 2.24) is 0 Å². The zero-order valence-corrected chi connectivity index (χ0v) is 15.1. The lowest BCUT2D eigenvalue weighted by molar-refractivity contribution is -0.114. The summed E-state index contributed by atoms with van der Waals surface area (Å²) in [6.45, 7) is 1.52. The van der Waals surface area contributed by atoms with Crippen molar-refractivity contribution in [1.29, 1.82) is 5.41 Å². The monoisotopic (exact) mass is 340 g/mol. The first-order valence-electron chi connectivity index (χ1n) is 8.17. The molecule has 2 rings (SSSR count). The maximum absolute atomic E-state index is 11.0. The molecule has 2 aromatic rings. The summed E-state index contributed by atoms with van der Waals surface area (Å²) >= 11 is 1.47. The van der Waals surface area contributed by atoms with Gasteiger partial charge in [0.25, 0.3) is 0 Å². The summed E-state index contributed by atoms with van der Waals surface area (Å²) in [6, 6.07) is 16.4. The highest BCUT2D eigenvalue weighted by Crippen LogP contribution is 2.15. The predicted molar refractivity (Wildman–Crippen MR) is 104 cm³/mol. The third kappa shape index (κ3) is 5.85. The lowest BCUT2D eigenvalue weighted by Crippen LogP contribution is -2.05. The Hall–Kier alpha value is -2.07. The Morgan fingerprint density at radius 2 is 1.71 bits per heavy atom. The number of benzene rings is 2. The van der Waals surface area contributed by atoms with Crippen LogP contribution in [0.1, 0.15) is 36.5 Å². The van der Waals surface area contributed by atoms with Gasteiger partial charge >= 0.3 is 0 Å². The van der Waals surface area contributed by atoms with Crippen LogP contribution in [0.15, 0.2) is 48.5 Å². The number of thioether (sulfide) groups is 1. The molecule has 0 aliphatic heterocycles. The summed E-state index contributed by atoms with van der Waals surface area (Å²) in [5, 5.41) is 11.3. The van der Waals surface area contributed by atoms with Gasteiger partial charge in [-0.05, 0) is 61.3 Å². The van der Waals surface area contributed by atoms with Gasteiger partial charge in [0.05, 0.1) is 5.04 Å². The van der Waals surface area contributed by atoms with E-state index in [4.69, 9.17) is 5.41 Å². The van der Waals surface area contributed by atoms with E-state index in [-0.39, 0.29) is 5.91 Å². The largest absolute Gasteiger partial charge is 0.326 e. The topological polar surface area (TPSA) is 53.0 Å². The number of amides is 1. The first kappa shape index (κ1) is 18.3. The van der Waals surface area contributed by atoms with Crippen LogP contribution in [0.5, 0.6) is 0 Å². The molecule has 0 atom stereocenters. The number of rotatable bonds is 7. The van der Waals surface area contributed by atoms with Gasteiger partial charge in [-0.25, -0.2) is 0 Å². The molecule has 0 saturated carbocycles. The normalized spacial score (nSPS) is 10.4. The van der Waals surface area contributed by atoms with Crippen molar-refractivity contribution in [3.05, 3.63) is 65.2 Å². The minimum atomic E-state index is -0.0421. The summed E-state index contributed by atoms with van der Waals surface area (Å²) in [4.78, 5) is 11.0. The third-order valence-electron chi connectivity index (χ3n) is 3.85. The molecule has 24 heavy (non-hydrogen) atoms. The van der Waals surface area contributed by atoms with Crippen LogP contribution in [0, 0.1) is 5.41 Å². The van der Waals surface area contributed by atoms with Gasteiger partial charge in [-0.15, -0.1) is 11.8 Å². The Morgan fingerprint density at radius 1 is 1.04 bits per heavy atom. The van der Waals surface area contributed by atoms with Gasteiger partial charge in [0.1, 0.15) is 0 Å². The maximum atomic E-state index is 11.0. The number of anilines is 1. The van der Waals surface area contributed by atoms with Crippen molar-refractivity contribution < 1.29 is 4.79 Å². The van der Waals surface area contributed by atoms with E-state index in [1.807, 2.05) is 30.5 Å². The average molecular weight is 340 g/mol. The number of hydrogen-bond acceptors (Lipinski definition) is 3. The van der Waals surface area contributed by atoms with Crippen molar-refractivity contribution in [3.63, 3.8) is 0 Å². The number of nitrogens with one attached hydrogen (secondary N) is 2. The zero-order valence-electron chi connectivity index (χ0n) is 14.3. The van der Waals surface area contributed by atoms with Crippen molar-refractivity contribution in [2.24, 2.45) is 0 Å². The minimum Gasteiger partial charge on any atom is -0.326 e. The molecule has 4 heteroatoms. The smallest absolute Gasteiger partial charge is 0.221 e. The standard InChI is InChI=1S/C20H24N2OS/c1-15(23)22-19-12-10-16(11-13-19)6-3-4-7-17-8-5-9-18(14-17)20(21)24-2/h5,8-14,21H,3-4,6-7H2,1-2H3,(H,22,23). The molecule has 1 amide bonds. The summed E-state index contributed by atoms with van der Waals surface area (Å²) in [6.07, 6.45) is 6.28. The second-order valence-electron chi connectivity index (χ2n) is 5.82. The number of carbonyl (C=O) groups excluding carboxylic acids is 1. The number of hydrogen-bond donors (Lipinski definition) is 2. The van der Waals surface area contributed by atoms with E-state index in [0.29, 0.717) is 5.04 Å². The highest BCUT2D eigenvalue weighted by atomic mass is 32.2. The summed E-state index contributed by atoms with van der Waals surface area (Å²) in [5.41, 5.74) is 4.45. The van der Waals surface area contributed by atoms with Crippen LogP contribution in [0.2, 0.25) is 0 Å². The lowest BCUT2D eigenvalue weighted by atomic mass is 10.0. The molecule has 3 nitrogen and oxygen atoms in total. The highest BCUT2D eigenvalue weighted by molar-refractivity contribution is 8.13. The Morgan fingerprint density at radius 3 is 2.33 bits per heavy atom. The van der Waals surface area contributed by atoms with E-state index in [9.17, 15) is 4.79 Å². The molecule has 0 aromatic heterocycles. The lowest BCUT2D eigenvalue weighted by Gasteiger charge is -2.06. The fourth-order valence-corrected chi connectivity index (χ4v) is 2.96. The molecule has 0 aliphatic carbocycles. The first-order valence-corrected chi connectivity index (χ1v) is 9.39. The van der Waals surface area contributed by atoms with Crippen LogP contribution < -0.4 is 5.32 Å². The summed E-state index contributed by atoms with van der Waals surface area (Å²) in [7, 11) is 0. The molecule has 0 spiro atoms. The van der Waals surface area contributed by atoms with E-state index in [0.717, 1.165) is 36.9 Å². The minimum absolute atomic E-state index is 0.0421. The van der Waals surface area contributed by atoms with Crippen LogP contribution in [0.25, 0.3) is 0 Å². The fourth-order valence-electron chi connectivity index (χ4n) is 2.60. The molecule has 0 heterocycles. The summed E-state index contributed by atoms with van der Waals surface area (Å²) < 4.78 is 0. The van der Waals surface area contributed by atoms with E-state index in [1.165, 1.54) is 29.8 Å². The molecular weight excluding hydrogens is 316 g/mol. The van der Waals surface area contributed by atoms with Crippen molar-refractivity contribution in [2.45, 2.75) is 32.6 Å². The van der Waals surface area contributed by atoms with Crippen molar-refractivity contribution >= 4 is 28.4 Å². The van der Waals surface area contributed by atoms with E-state index < -0.39 is 0 Å². The van der Waals surface area contributed by atoms with Gasteiger partial charge < -0.3 is 5.32 Å². The van der Waals surface area contributed by atoms with Gasteiger partial charge in [0.15, 0.2) is 0 Å². The van der Waals surface area contributed by atoms with Gasteiger partial charge in [-0.3, -0.25) is 10.2 Å². The average Bonchev–Trinajstić information content (AvgIpc) is 2.59. The van der Waals surface area contributed by atoms with Gasteiger partial charge in [-0.1, -0.05) is 30.3 Å². The quantitative estimate of drug-likeness (QED) is 0.428. The van der Waals surface area contributed by atoms with Crippen LogP contribution >= 0.6 is 11.8 Å². The molecule has 0 saturated heterocycles. The number of carbonyl (C=O) groups is 1. The van der Waals surface area contributed by atoms with Crippen LogP contribution in [-0.4, -0.2) is 17.2 Å². The maximum Gasteiger partial charge on any atom is 0.221 e. The summed E-state index contributed by atoms with van der Waals surface area (Å²) in [5.74, 6) is -0.0421. The molecule has 0 bridgehead atoms. The van der Waals surface area contributed by atoms with Gasteiger partial charge in [-0.2, -0.15) is 0 Å². The highest BCUT2D eigenvalue weighted by Gasteiger charge is 2.02. The zero-order chi connectivity index (χ0) is 17.4. The molecule has 2 aromatic carbocycles. The molecule has 126 valence electrons. The first-order chi connectivity index (χ1) is 11.6. The van der Waals surface area contributed by atoms with Crippen molar-refractivity contribution in [3.8, 4) is 0 Å². The van der Waals surface area contributed by atoms with Crippen molar-refractivity contribution in [2.75, 3.05) is 11.6 Å². The van der Waals surface area contributed by atoms with Crippen LogP contribution in [-0.2, 0) is 17.6 Å². The third-order valence-corrected chi connectivity index (χ3v) is 4.49. The fraction of sp³-hybridized carbons (Fsp3) is 0.300. The van der Waals surface area contributed by atoms with E-state index >= 15 is 0 Å². The molecule has 0 unspecified atom stereocenters. The number of aryl methyl sites for hydroxylation is 2. The van der Waals surface area contributed by atoms with Gasteiger partial charge in [0, 0.05) is 18.2 Å². The SMILES string of the molecule is CSC(=N)c1cccc(CCCCc2ccc(NC(C)=O)cc2)c1. The van der Waals surface area contributed by atoms with Gasteiger partial charge in [0.2, 0.25) is 5.91 Å². The molecule has 2 N–H and O–H groups in total. The Bertz CT molecular complexity index is 695. The Labute approximate surface area is 148 Å². The van der Waals surface area contributed by atoms with E-state index in [1.54, 1.807) is 0 Å². The molecule has 0 radical (unpaired) electrons. The predicted octanol–water partition coefficient (Wildman–Crippen LogP) is 4.90. The number of unbranched alkanes of at least 4 members (excludes halogenated alkanes) is 1. The Balaban J connectivity index is 1.78. The van der Waals surface area contributed by atoms with Crippen LogP contribution in [0.4, 0.5) is 5.69 Å². The van der Waals surface area contributed by atoms with E-state index in [2.05, 4.69) is 29.6 Å². The van der Waals surface area contributed by atoms with Crippen LogP contribution in [0.3, 0.4) is 0 Å². The molecule has 0 aliphatic rings. The molecule has 0 fully saturated rings. The second kappa shape index (κ2) is 9.28. The second-order valence-corrected chi connectivity index (χ2v) is 6.64.